The Bertz CT molecular complexity index is 494. The van der Waals surface area contributed by atoms with Crippen molar-refractivity contribution in [1.29, 1.82) is 5.26 Å². The number of nitrogens with one attached hydrogen (secondary N) is 1. The van der Waals surface area contributed by atoms with Crippen LogP contribution in [0, 0.1) is 24.2 Å². The molecule has 108 valence electrons. The molecule has 2 N–H and O–H groups in total. The van der Waals surface area contributed by atoms with Crippen molar-refractivity contribution in [2.45, 2.75) is 39.5 Å². The van der Waals surface area contributed by atoms with E-state index in [1.165, 1.54) is 0 Å². The van der Waals surface area contributed by atoms with Crippen molar-refractivity contribution in [1.82, 2.24) is 4.98 Å². The van der Waals surface area contributed by atoms with E-state index < -0.39 is 5.97 Å². The smallest absolute Gasteiger partial charge is 0.303 e. The highest BCUT2D eigenvalue weighted by molar-refractivity contribution is 5.66. The summed E-state index contributed by atoms with van der Waals surface area (Å²) < 4.78 is 0. The monoisotopic (exact) mass is 275 g/mol. The summed E-state index contributed by atoms with van der Waals surface area (Å²) >= 11 is 0. The first-order valence-corrected chi connectivity index (χ1v) is 6.90. The van der Waals surface area contributed by atoms with Crippen LogP contribution in [-0.2, 0) is 4.79 Å². The SMILES string of the molecule is CCC(CCNc1nc(C)ccc1C#N)CCC(=O)O. The molecule has 0 saturated carbocycles. The molecular weight excluding hydrogens is 254 g/mol. The highest BCUT2D eigenvalue weighted by Crippen LogP contribution is 2.17. The van der Waals surface area contributed by atoms with Crippen LogP contribution in [0.1, 0.15) is 43.9 Å². The van der Waals surface area contributed by atoms with Gasteiger partial charge < -0.3 is 10.4 Å². The van der Waals surface area contributed by atoms with Crippen LogP contribution in [0.15, 0.2) is 12.1 Å². The van der Waals surface area contributed by atoms with Gasteiger partial charge in [0, 0.05) is 18.7 Å². The Morgan fingerprint density at radius 3 is 2.85 bits per heavy atom. The first-order valence-electron chi connectivity index (χ1n) is 6.90. The van der Waals surface area contributed by atoms with Crippen LogP contribution in [0.4, 0.5) is 5.82 Å². The molecule has 5 nitrogen and oxygen atoms in total. The Kier molecular flexibility index (Phi) is 6.51. The minimum atomic E-state index is -0.747. The van der Waals surface area contributed by atoms with Crippen molar-refractivity contribution >= 4 is 11.8 Å². The molecule has 0 saturated heterocycles. The highest BCUT2D eigenvalue weighted by atomic mass is 16.4. The molecule has 5 heteroatoms. The molecule has 0 fully saturated rings. The second kappa shape index (κ2) is 8.16. The van der Waals surface area contributed by atoms with E-state index in [4.69, 9.17) is 10.4 Å². The maximum absolute atomic E-state index is 10.6. The van der Waals surface area contributed by atoms with Gasteiger partial charge in [0.15, 0.2) is 0 Å². The van der Waals surface area contributed by atoms with E-state index in [1.54, 1.807) is 6.07 Å². The maximum atomic E-state index is 10.6. The van der Waals surface area contributed by atoms with Crippen LogP contribution < -0.4 is 5.32 Å². The summed E-state index contributed by atoms with van der Waals surface area (Å²) in [6, 6.07) is 5.68. The molecule has 0 amide bonds. The third-order valence-corrected chi connectivity index (χ3v) is 3.34. The average Bonchev–Trinajstić information content (AvgIpc) is 2.42. The molecule has 1 rings (SSSR count). The van der Waals surface area contributed by atoms with Crippen molar-refractivity contribution in [3.63, 3.8) is 0 Å². The number of carbonyl (C=O) groups is 1. The topological polar surface area (TPSA) is 86.0 Å². The van der Waals surface area contributed by atoms with Gasteiger partial charge >= 0.3 is 5.97 Å². The molecule has 1 aromatic rings. The molecule has 1 atom stereocenters. The second-order valence-electron chi connectivity index (χ2n) is 4.88. The van der Waals surface area contributed by atoms with Gasteiger partial charge in [-0.05, 0) is 37.8 Å². The zero-order valence-electron chi connectivity index (χ0n) is 12.0. The van der Waals surface area contributed by atoms with E-state index in [-0.39, 0.29) is 6.42 Å². The minimum Gasteiger partial charge on any atom is -0.481 e. The summed E-state index contributed by atoms with van der Waals surface area (Å²) in [7, 11) is 0. The fourth-order valence-corrected chi connectivity index (χ4v) is 2.06. The Morgan fingerprint density at radius 1 is 1.50 bits per heavy atom. The third kappa shape index (κ3) is 5.27. The van der Waals surface area contributed by atoms with E-state index >= 15 is 0 Å². The number of aryl methyl sites for hydroxylation is 1. The molecule has 0 aliphatic heterocycles. The number of aliphatic carboxylic acids is 1. The molecule has 1 unspecified atom stereocenters. The summed E-state index contributed by atoms with van der Waals surface area (Å²) in [6.45, 7) is 4.65. The quantitative estimate of drug-likeness (QED) is 0.761. The summed E-state index contributed by atoms with van der Waals surface area (Å²) in [5, 5.41) is 20.9. The van der Waals surface area contributed by atoms with Crippen molar-refractivity contribution in [2.75, 3.05) is 11.9 Å². The molecule has 20 heavy (non-hydrogen) atoms. The predicted octanol–water partition coefficient (Wildman–Crippen LogP) is 2.95. The van der Waals surface area contributed by atoms with Crippen molar-refractivity contribution in [3.8, 4) is 6.07 Å². The van der Waals surface area contributed by atoms with Crippen LogP contribution in [0.3, 0.4) is 0 Å². The second-order valence-corrected chi connectivity index (χ2v) is 4.88. The average molecular weight is 275 g/mol. The zero-order valence-corrected chi connectivity index (χ0v) is 12.0. The Morgan fingerprint density at radius 2 is 2.25 bits per heavy atom. The van der Waals surface area contributed by atoms with E-state index in [1.807, 2.05) is 13.0 Å². The van der Waals surface area contributed by atoms with Gasteiger partial charge in [0.2, 0.25) is 0 Å². The zero-order chi connectivity index (χ0) is 15.0. The lowest BCUT2D eigenvalue weighted by molar-refractivity contribution is -0.137. The number of nitrogens with zero attached hydrogens (tertiary/aromatic N) is 2. The van der Waals surface area contributed by atoms with Crippen molar-refractivity contribution in [2.24, 2.45) is 5.92 Å². The van der Waals surface area contributed by atoms with Crippen LogP contribution in [0.25, 0.3) is 0 Å². The van der Waals surface area contributed by atoms with Crippen LogP contribution in [0.2, 0.25) is 0 Å². The van der Waals surface area contributed by atoms with E-state index in [9.17, 15) is 4.79 Å². The number of pyridine rings is 1. The van der Waals surface area contributed by atoms with Crippen molar-refractivity contribution in [3.05, 3.63) is 23.4 Å². The number of nitriles is 1. The molecule has 0 aliphatic carbocycles. The van der Waals surface area contributed by atoms with E-state index in [0.29, 0.717) is 30.3 Å². The van der Waals surface area contributed by atoms with Gasteiger partial charge in [0.25, 0.3) is 0 Å². The minimum absolute atomic E-state index is 0.213. The van der Waals surface area contributed by atoms with Gasteiger partial charge in [-0.15, -0.1) is 0 Å². The molecule has 1 aromatic heterocycles. The number of anilines is 1. The maximum Gasteiger partial charge on any atom is 0.303 e. The number of hydrogen-bond acceptors (Lipinski definition) is 4. The Hall–Kier alpha value is -2.09. The van der Waals surface area contributed by atoms with E-state index in [2.05, 4.69) is 23.3 Å². The fraction of sp³-hybridized carbons (Fsp3) is 0.533. The van der Waals surface area contributed by atoms with Gasteiger partial charge in [-0.1, -0.05) is 13.3 Å². The van der Waals surface area contributed by atoms with Crippen molar-refractivity contribution < 1.29 is 9.90 Å². The van der Waals surface area contributed by atoms with E-state index in [0.717, 1.165) is 18.5 Å². The number of carboxylic acids is 1. The fourth-order valence-electron chi connectivity index (χ4n) is 2.06. The number of carboxylic acid groups (broad SMARTS) is 1. The van der Waals surface area contributed by atoms with Gasteiger partial charge in [0.1, 0.15) is 11.9 Å². The normalized spacial score (nSPS) is 11.7. The highest BCUT2D eigenvalue weighted by Gasteiger charge is 2.10. The van der Waals surface area contributed by atoms with Crippen LogP contribution in [0.5, 0.6) is 0 Å². The van der Waals surface area contributed by atoms with Crippen LogP contribution in [-0.4, -0.2) is 22.6 Å². The lowest BCUT2D eigenvalue weighted by atomic mass is 9.96. The van der Waals surface area contributed by atoms with Gasteiger partial charge in [-0.2, -0.15) is 5.26 Å². The van der Waals surface area contributed by atoms with Gasteiger partial charge in [-0.25, -0.2) is 4.98 Å². The van der Waals surface area contributed by atoms with Gasteiger partial charge in [0.05, 0.1) is 5.56 Å². The lowest BCUT2D eigenvalue weighted by Crippen LogP contribution is -2.12. The molecule has 0 aliphatic rings. The lowest BCUT2D eigenvalue weighted by Gasteiger charge is -2.14. The number of rotatable bonds is 8. The predicted molar refractivity (Wildman–Crippen MR) is 77.4 cm³/mol. The molecule has 1 heterocycles. The Balaban J connectivity index is 2.49. The largest absolute Gasteiger partial charge is 0.481 e. The summed E-state index contributed by atoms with van der Waals surface area (Å²) in [5.41, 5.74) is 1.40. The molecule has 0 radical (unpaired) electrons. The first kappa shape index (κ1) is 16.0. The summed E-state index contributed by atoms with van der Waals surface area (Å²) in [4.78, 5) is 14.9. The molecule has 0 aromatic carbocycles. The number of aromatic nitrogens is 1. The summed E-state index contributed by atoms with van der Waals surface area (Å²) in [5.74, 6) is 0.248. The molecular formula is C15H21N3O2. The van der Waals surface area contributed by atoms with Crippen LogP contribution >= 0.6 is 0 Å². The number of hydrogen-bond donors (Lipinski definition) is 2. The third-order valence-electron chi connectivity index (χ3n) is 3.34. The molecule has 0 spiro atoms. The Labute approximate surface area is 119 Å². The standard InChI is InChI=1S/C15H21N3O2/c1-3-12(5-7-14(19)20)8-9-17-15-13(10-16)6-4-11(2)18-15/h4,6,12H,3,5,7-9H2,1-2H3,(H,17,18)(H,19,20). The summed E-state index contributed by atoms with van der Waals surface area (Å²) in [6.07, 6.45) is 2.75. The molecule has 0 bridgehead atoms. The van der Waals surface area contributed by atoms with Gasteiger partial charge in [-0.3, -0.25) is 4.79 Å². The first-order chi connectivity index (χ1) is 9.56.